The fourth-order valence-corrected chi connectivity index (χ4v) is 1.84. The van der Waals surface area contributed by atoms with Crippen LogP contribution >= 0.6 is 0 Å². The second kappa shape index (κ2) is 6.18. The fraction of sp³-hybridized carbons (Fsp3) is 0.308. The average molecular weight is 247 g/mol. The Hall–Kier alpha value is -1.85. The zero-order valence-electron chi connectivity index (χ0n) is 10.1. The highest BCUT2D eigenvalue weighted by Gasteiger charge is 2.10. The molecule has 0 saturated carbocycles. The highest BCUT2D eigenvalue weighted by molar-refractivity contribution is 5.91. The summed E-state index contributed by atoms with van der Waals surface area (Å²) in [5.74, 6) is 4.68. The Bertz CT molecular complexity index is 422. The average Bonchev–Trinajstić information content (AvgIpc) is 2.46. The van der Waals surface area contributed by atoms with Gasteiger partial charge in [-0.05, 0) is 23.8 Å². The first-order chi connectivity index (χ1) is 8.79. The number of morpholine rings is 1. The monoisotopic (exact) mass is 247 g/mol. The summed E-state index contributed by atoms with van der Waals surface area (Å²) in [5.41, 5.74) is 4.20. The van der Waals surface area contributed by atoms with E-state index in [9.17, 15) is 4.79 Å². The van der Waals surface area contributed by atoms with E-state index in [0.29, 0.717) is 0 Å². The van der Waals surface area contributed by atoms with Crippen LogP contribution in [0, 0.1) is 0 Å². The molecular weight excluding hydrogens is 230 g/mol. The molecule has 0 radical (unpaired) electrons. The number of nitrogens with two attached hydrogens (primary N) is 1. The Kier molecular flexibility index (Phi) is 4.33. The van der Waals surface area contributed by atoms with Crippen molar-refractivity contribution in [2.45, 2.75) is 0 Å². The number of carbonyl (C=O) groups excluding carboxylic acids is 1. The van der Waals surface area contributed by atoms with Crippen molar-refractivity contribution in [3.05, 3.63) is 35.9 Å². The van der Waals surface area contributed by atoms with Gasteiger partial charge < -0.3 is 9.64 Å². The molecule has 1 fully saturated rings. The van der Waals surface area contributed by atoms with Crippen molar-refractivity contribution in [2.75, 3.05) is 31.2 Å². The lowest BCUT2D eigenvalue weighted by Gasteiger charge is -2.28. The summed E-state index contributed by atoms with van der Waals surface area (Å²) in [6.45, 7) is 3.40. The molecule has 5 heteroatoms. The van der Waals surface area contributed by atoms with Gasteiger partial charge in [-0.3, -0.25) is 10.2 Å². The summed E-state index contributed by atoms with van der Waals surface area (Å²) in [5, 5.41) is 0. The molecular formula is C13H17N3O2. The van der Waals surface area contributed by atoms with Gasteiger partial charge in [0.05, 0.1) is 13.2 Å². The molecule has 0 atom stereocenters. The molecule has 96 valence electrons. The van der Waals surface area contributed by atoms with Gasteiger partial charge in [0.2, 0.25) is 0 Å². The third kappa shape index (κ3) is 3.32. The maximum Gasteiger partial charge on any atom is 0.257 e. The molecule has 0 aromatic heterocycles. The fourth-order valence-electron chi connectivity index (χ4n) is 1.84. The van der Waals surface area contributed by atoms with Crippen LogP contribution in [-0.2, 0) is 9.53 Å². The number of hydrogen-bond acceptors (Lipinski definition) is 4. The molecule has 1 aliphatic rings. The van der Waals surface area contributed by atoms with Gasteiger partial charge in [0.15, 0.2) is 0 Å². The molecule has 5 nitrogen and oxygen atoms in total. The lowest BCUT2D eigenvalue weighted by Crippen LogP contribution is -2.36. The van der Waals surface area contributed by atoms with E-state index in [1.165, 1.54) is 11.8 Å². The van der Waals surface area contributed by atoms with E-state index in [4.69, 9.17) is 10.6 Å². The van der Waals surface area contributed by atoms with Crippen LogP contribution in [-0.4, -0.2) is 32.2 Å². The van der Waals surface area contributed by atoms with Gasteiger partial charge in [-0.15, -0.1) is 0 Å². The molecule has 1 aromatic carbocycles. The van der Waals surface area contributed by atoms with E-state index in [-0.39, 0.29) is 5.91 Å². The van der Waals surface area contributed by atoms with Gasteiger partial charge in [0, 0.05) is 24.9 Å². The highest BCUT2D eigenvalue weighted by atomic mass is 16.5. The van der Waals surface area contributed by atoms with Gasteiger partial charge >= 0.3 is 0 Å². The van der Waals surface area contributed by atoms with Crippen molar-refractivity contribution < 1.29 is 9.53 Å². The van der Waals surface area contributed by atoms with Gasteiger partial charge in [-0.1, -0.05) is 12.1 Å². The van der Waals surface area contributed by atoms with Crippen LogP contribution in [0.3, 0.4) is 0 Å². The number of ether oxygens (including phenoxy) is 1. The highest BCUT2D eigenvalue weighted by Crippen LogP contribution is 2.17. The molecule has 1 heterocycles. The number of nitrogens with one attached hydrogen (secondary N) is 1. The smallest absolute Gasteiger partial charge is 0.257 e. The number of hydrazine groups is 1. The number of carbonyl (C=O) groups is 1. The van der Waals surface area contributed by atoms with Crippen LogP contribution in [0.4, 0.5) is 5.69 Å². The van der Waals surface area contributed by atoms with Crippen LogP contribution in [0.1, 0.15) is 5.56 Å². The summed E-state index contributed by atoms with van der Waals surface area (Å²) >= 11 is 0. The Labute approximate surface area is 106 Å². The molecule has 0 spiro atoms. The minimum atomic E-state index is -0.313. The van der Waals surface area contributed by atoms with E-state index in [0.717, 1.165) is 31.9 Å². The van der Waals surface area contributed by atoms with Gasteiger partial charge in [-0.2, -0.15) is 0 Å². The number of nitrogens with zero attached hydrogens (tertiary/aromatic N) is 1. The predicted molar refractivity (Wildman–Crippen MR) is 70.8 cm³/mol. The van der Waals surface area contributed by atoms with Crippen molar-refractivity contribution in [3.8, 4) is 0 Å². The first-order valence-electron chi connectivity index (χ1n) is 5.91. The first kappa shape index (κ1) is 12.6. The molecule has 0 unspecified atom stereocenters. The number of anilines is 1. The van der Waals surface area contributed by atoms with Crippen LogP contribution < -0.4 is 16.2 Å². The van der Waals surface area contributed by atoms with E-state index in [1.807, 2.05) is 24.3 Å². The third-order valence-electron chi connectivity index (χ3n) is 2.84. The molecule has 1 aliphatic heterocycles. The molecule has 1 saturated heterocycles. The molecule has 1 amide bonds. The van der Waals surface area contributed by atoms with Gasteiger partial charge in [-0.25, -0.2) is 5.84 Å². The molecule has 0 aliphatic carbocycles. The molecule has 3 N–H and O–H groups in total. The number of rotatable bonds is 3. The number of hydrogen-bond donors (Lipinski definition) is 2. The third-order valence-corrected chi connectivity index (χ3v) is 2.84. The van der Waals surface area contributed by atoms with Crippen molar-refractivity contribution in [1.82, 2.24) is 5.43 Å². The maximum atomic E-state index is 11.0. The lowest BCUT2D eigenvalue weighted by atomic mass is 10.1. The zero-order valence-corrected chi connectivity index (χ0v) is 10.1. The Morgan fingerprint density at radius 1 is 1.28 bits per heavy atom. The quantitative estimate of drug-likeness (QED) is 0.354. The van der Waals surface area contributed by atoms with Crippen LogP contribution in [0.2, 0.25) is 0 Å². The van der Waals surface area contributed by atoms with Crippen LogP contribution in [0.5, 0.6) is 0 Å². The normalized spacial score (nSPS) is 15.9. The minimum Gasteiger partial charge on any atom is -0.378 e. The SMILES string of the molecule is NNC(=O)/C=C/c1ccc(N2CCOCC2)cc1. The summed E-state index contributed by atoms with van der Waals surface area (Å²) in [6.07, 6.45) is 3.13. The van der Waals surface area contributed by atoms with Crippen LogP contribution in [0.15, 0.2) is 30.3 Å². The summed E-state index contributed by atoms with van der Waals surface area (Å²) in [6, 6.07) is 8.05. The minimum absolute atomic E-state index is 0.313. The van der Waals surface area contributed by atoms with E-state index >= 15 is 0 Å². The molecule has 2 rings (SSSR count). The second-order valence-electron chi connectivity index (χ2n) is 4.03. The van der Waals surface area contributed by atoms with Gasteiger partial charge in [0.25, 0.3) is 5.91 Å². The van der Waals surface area contributed by atoms with Crippen molar-refractivity contribution in [1.29, 1.82) is 0 Å². The summed E-state index contributed by atoms with van der Waals surface area (Å²) < 4.78 is 5.31. The van der Waals surface area contributed by atoms with Crippen molar-refractivity contribution in [3.63, 3.8) is 0 Å². The maximum absolute atomic E-state index is 11.0. The van der Waals surface area contributed by atoms with E-state index in [2.05, 4.69) is 10.3 Å². The predicted octanol–water partition coefficient (Wildman–Crippen LogP) is 0.526. The Morgan fingerprint density at radius 3 is 2.56 bits per heavy atom. The molecule has 0 bridgehead atoms. The Morgan fingerprint density at radius 2 is 1.94 bits per heavy atom. The van der Waals surface area contributed by atoms with Gasteiger partial charge in [0.1, 0.15) is 0 Å². The van der Waals surface area contributed by atoms with Crippen LogP contribution in [0.25, 0.3) is 6.08 Å². The number of amides is 1. The van der Waals surface area contributed by atoms with Crippen molar-refractivity contribution in [2.24, 2.45) is 5.84 Å². The standard InChI is InChI=1S/C13H17N3O2/c14-15-13(17)6-3-11-1-4-12(5-2-11)16-7-9-18-10-8-16/h1-6H,7-10,14H2,(H,15,17)/b6-3+. The van der Waals surface area contributed by atoms with Crippen molar-refractivity contribution >= 4 is 17.7 Å². The Balaban J connectivity index is 2.00. The summed E-state index contributed by atoms with van der Waals surface area (Å²) in [4.78, 5) is 13.2. The lowest BCUT2D eigenvalue weighted by molar-refractivity contribution is -0.116. The molecule has 18 heavy (non-hydrogen) atoms. The second-order valence-corrected chi connectivity index (χ2v) is 4.03. The molecule has 1 aromatic rings. The topological polar surface area (TPSA) is 67.6 Å². The van der Waals surface area contributed by atoms with E-state index in [1.54, 1.807) is 6.08 Å². The largest absolute Gasteiger partial charge is 0.378 e. The van der Waals surface area contributed by atoms with E-state index < -0.39 is 0 Å². The zero-order chi connectivity index (χ0) is 12.8. The number of benzene rings is 1. The summed E-state index contributed by atoms with van der Waals surface area (Å²) in [7, 11) is 0. The first-order valence-corrected chi connectivity index (χ1v) is 5.91.